The number of nitro groups is 2. The summed E-state index contributed by atoms with van der Waals surface area (Å²) in [6.07, 6.45) is 5.09. The third-order valence-corrected chi connectivity index (χ3v) is 9.80. The molecule has 0 amide bonds. The molecule has 0 bridgehead atoms. The molecule has 20 heteroatoms. The van der Waals surface area contributed by atoms with Gasteiger partial charge in [0.25, 0.3) is 17.8 Å². The van der Waals surface area contributed by atoms with Crippen LogP contribution in [0.1, 0.15) is 39.2 Å². The molecule has 18 nitrogen and oxygen atoms in total. The van der Waals surface area contributed by atoms with Gasteiger partial charge in [-0.15, -0.1) is 0 Å². The monoisotopic (exact) mass is 936 g/mol. The maximum absolute atomic E-state index is 12.2. The Labute approximate surface area is 389 Å². The van der Waals surface area contributed by atoms with Gasteiger partial charge in [0.2, 0.25) is 0 Å². The van der Waals surface area contributed by atoms with Crippen LogP contribution in [0.2, 0.25) is 10.0 Å². The zero-order valence-corrected chi connectivity index (χ0v) is 38.3. The van der Waals surface area contributed by atoms with Crippen LogP contribution in [0.15, 0.2) is 109 Å². The first-order chi connectivity index (χ1) is 31.1. The number of nitrogens with two attached hydrogens (primary N) is 4. The summed E-state index contributed by atoms with van der Waals surface area (Å²) in [5.74, 6) is -0.152. The molecule has 0 unspecified atom stereocenters. The molecule has 0 saturated heterocycles. The van der Waals surface area contributed by atoms with Crippen LogP contribution < -0.4 is 32.7 Å². The van der Waals surface area contributed by atoms with Crippen LogP contribution in [0.4, 0.5) is 45.5 Å². The highest BCUT2D eigenvalue weighted by atomic mass is 35.5. The lowest BCUT2D eigenvalue weighted by molar-refractivity contribution is -0.385. The van der Waals surface area contributed by atoms with Crippen LogP contribution in [-0.2, 0) is 25.6 Å². The van der Waals surface area contributed by atoms with E-state index in [0.29, 0.717) is 57.1 Å². The van der Waals surface area contributed by atoms with E-state index in [2.05, 4.69) is 51.3 Å². The van der Waals surface area contributed by atoms with Gasteiger partial charge in [0.05, 0.1) is 50.8 Å². The minimum absolute atomic E-state index is 0.0517. The van der Waals surface area contributed by atoms with Crippen LogP contribution in [0, 0.1) is 20.2 Å². The SMILES string of the molecule is CCCN(CCC(=O)OCCN(CC)c1ccc(N)cc1)Cc1cccnc1.CCN(CCOC=O)c1ccc(N)cc1.Nc1ccc([N+](=O)[O-])cc1Cl.Nc1ccc([N+](=O)[O-])cc1Cl. The Balaban J connectivity index is 0.000000328. The summed E-state index contributed by atoms with van der Waals surface area (Å²) >= 11 is 11.1. The first-order valence-corrected chi connectivity index (χ1v) is 21.3. The number of benzene rings is 4. The molecule has 0 aliphatic carbocycles. The number of esters is 1. The van der Waals surface area contributed by atoms with Gasteiger partial charge in [0.1, 0.15) is 13.2 Å². The van der Waals surface area contributed by atoms with Crippen molar-refractivity contribution in [2.24, 2.45) is 0 Å². The predicted octanol–water partition coefficient (Wildman–Crippen LogP) is 8.26. The fourth-order valence-electron chi connectivity index (χ4n) is 5.71. The van der Waals surface area contributed by atoms with Crippen LogP contribution in [0.25, 0.3) is 0 Å². The van der Waals surface area contributed by atoms with E-state index < -0.39 is 9.85 Å². The summed E-state index contributed by atoms with van der Waals surface area (Å²) < 4.78 is 10.1. The fourth-order valence-corrected chi connectivity index (χ4v) is 6.06. The maximum atomic E-state index is 12.2. The molecule has 8 N–H and O–H groups in total. The zero-order chi connectivity index (χ0) is 48.1. The zero-order valence-electron chi connectivity index (χ0n) is 36.8. The van der Waals surface area contributed by atoms with E-state index in [4.69, 9.17) is 50.9 Å². The van der Waals surface area contributed by atoms with Gasteiger partial charge in [-0.25, -0.2) is 0 Å². The first-order valence-electron chi connectivity index (χ1n) is 20.5. The third-order valence-electron chi connectivity index (χ3n) is 9.14. The quantitative estimate of drug-likeness (QED) is 0.0143. The molecule has 0 spiro atoms. The Bertz CT molecular complexity index is 2130. The molecule has 0 radical (unpaired) electrons. The van der Waals surface area contributed by atoms with Crippen molar-refractivity contribution in [2.45, 2.75) is 40.2 Å². The number of nitrogen functional groups attached to an aromatic ring is 4. The first kappa shape index (κ1) is 54.2. The Kier molecular flexibility index (Phi) is 25.2. The highest BCUT2D eigenvalue weighted by molar-refractivity contribution is 6.33. The largest absolute Gasteiger partial charge is 0.466 e. The van der Waals surface area contributed by atoms with Crippen LogP contribution >= 0.6 is 23.2 Å². The van der Waals surface area contributed by atoms with E-state index in [1.165, 1.54) is 36.4 Å². The lowest BCUT2D eigenvalue weighted by Crippen LogP contribution is -2.30. The number of hydrogen-bond acceptors (Lipinski definition) is 16. The van der Waals surface area contributed by atoms with Gasteiger partial charge >= 0.3 is 5.97 Å². The fraction of sp³-hybridized carbons (Fsp3) is 0.311. The number of hydrogen-bond donors (Lipinski definition) is 4. The van der Waals surface area contributed by atoms with Crippen LogP contribution in [0.5, 0.6) is 0 Å². The molecule has 0 fully saturated rings. The second-order valence-electron chi connectivity index (χ2n) is 13.8. The van der Waals surface area contributed by atoms with E-state index in [1.54, 1.807) is 6.20 Å². The number of carbonyl (C=O) groups excluding carboxylic acids is 2. The van der Waals surface area contributed by atoms with Crippen LogP contribution in [-0.4, -0.2) is 84.7 Å². The van der Waals surface area contributed by atoms with Crippen molar-refractivity contribution in [3.05, 3.63) is 145 Å². The van der Waals surface area contributed by atoms with E-state index in [-0.39, 0.29) is 27.4 Å². The molecule has 350 valence electrons. The number of anilines is 6. The number of nitro benzene ring substituents is 2. The average Bonchev–Trinajstić information content (AvgIpc) is 3.29. The summed E-state index contributed by atoms with van der Waals surface area (Å²) in [4.78, 5) is 52.2. The number of nitrogens with zero attached hydrogens (tertiary/aromatic N) is 6. The van der Waals surface area contributed by atoms with Gasteiger partial charge in [-0.2, -0.15) is 0 Å². The molecule has 5 aromatic rings. The average molecular weight is 938 g/mol. The molecular weight excluding hydrogens is 879 g/mol. The molecular formula is C45H58Cl2N10O8. The topological polar surface area (TPSA) is 266 Å². The van der Waals surface area contributed by atoms with Gasteiger partial charge in [-0.05, 0) is 99.1 Å². The van der Waals surface area contributed by atoms with Crippen molar-refractivity contribution in [2.75, 3.05) is 85.2 Å². The molecule has 0 atom stereocenters. The van der Waals surface area contributed by atoms with Crippen molar-refractivity contribution in [3.63, 3.8) is 0 Å². The van der Waals surface area contributed by atoms with Gasteiger partial charge in [-0.1, -0.05) is 36.2 Å². The number of pyridine rings is 1. The summed E-state index contributed by atoms with van der Waals surface area (Å²) in [5.41, 5.74) is 27.4. The number of aromatic nitrogens is 1. The number of non-ortho nitro benzene ring substituents is 2. The van der Waals surface area contributed by atoms with Gasteiger partial charge in [0.15, 0.2) is 0 Å². The van der Waals surface area contributed by atoms with Gasteiger partial charge in [-0.3, -0.25) is 39.7 Å². The number of carbonyl (C=O) groups is 2. The van der Waals surface area contributed by atoms with Crippen molar-refractivity contribution in [3.8, 4) is 0 Å². The van der Waals surface area contributed by atoms with E-state index in [1.807, 2.05) is 60.8 Å². The standard InChI is InChI=1S/C22H32N4O2.C11H16N2O2.2C6H5ClN2O2/c1-3-13-25(18-19-6-5-12-24-17-19)14-11-22(27)28-16-15-26(4-2)21-9-7-20(23)8-10-21;1-2-13(7-8-15-9-14)11-5-3-10(12)4-6-11;2*7-5-3-4(9(10)11)1-2-6(5)8/h5-10,12,17H,3-4,11,13-16,18,23H2,1-2H3;3-6,9H,2,7-8,12H2,1H3;2*1-3H,8H2. The molecule has 0 aliphatic heterocycles. The summed E-state index contributed by atoms with van der Waals surface area (Å²) in [6.45, 7) is 13.0. The van der Waals surface area contributed by atoms with Crippen molar-refractivity contribution in [1.82, 2.24) is 9.88 Å². The summed E-state index contributed by atoms with van der Waals surface area (Å²) in [6, 6.07) is 27.2. The molecule has 0 aliphatic rings. The Morgan fingerprint density at radius 2 is 1.20 bits per heavy atom. The van der Waals surface area contributed by atoms with E-state index in [9.17, 15) is 29.8 Å². The van der Waals surface area contributed by atoms with Gasteiger partial charge in [0, 0.05) is 85.6 Å². The number of rotatable bonds is 20. The minimum atomic E-state index is -0.522. The number of halogens is 2. The van der Waals surface area contributed by atoms with Crippen molar-refractivity contribution < 1.29 is 28.9 Å². The Morgan fingerprint density at radius 1 is 0.708 bits per heavy atom. The second kappa shape index (κ2) is 30.2. The third kappa shape index (κ3) is 21.4. The number of likely N-dealkylation sites (N-methyl/N-ethyl adjacent to an activating group) is 2. The normalized spacial score (nSPS) is 10.1. The number of ether oxygens (including phenoxy) is 2. The minimum Gasteiger partial charge on any atom is -0.466 e. The van der Waals surface area contributed by atoms with Crippen molar-refractivity contribution >= 4 is 81.1 Å². The smallest absolute Gasteiger partial charge is 0.307 e. The molecule has 1 heterocycles. The van der Waals surface area contributed by atoms with E-state index in [0.717, 1.165) is 60.9 Å². The Morgan fingerprint density at radius 3 is 1.60 bits per heavy atom. The summed E-state index contributed by atoms with van der Waals surface area (Å²) in [7, 11) is 0. The predicted molar refractivity (Wildman–Crippen MR) is 260 cm³/mol. The molecule has 4 aromatic carbocycles. The highest BCUT2D eigenvalue weighted by Gasteiger charge is 2.12. The highest BCUT2D eigenvalue weighted by Crippen LogP contribution is 2.25. The molecule has 1 aromatic heterocycles. The van der Waals surface area contributed by atoms with E-state index >= 15 is 0 Å². The lowest BCUT2D eigenvalue weighted by Gasteiger charge is -2.23. The summed E-state index contributed by atoms with van der Waals surface area (Å²) in [5, 5.41) is 20.8. The lowest BCUT2D eigenvalue weighted by atomic mass is 10.2. The Hall–Kier alpha value is -6.89. The van der Waals surface area contributed by atoms with Crippen molar-refractivity contribution in [1.29, 1.82) is 0 Å². The molecule has 65 heavy (non-hydrogen) atoms. The maximum Gasteiger partial charge on any atom is 0.307 e. The van der Waals surface area contributed by atoms with Crippen LogP contribution in [0.3, 0.4) is 0 Å². The van der Waals surface area contributed by atoms with Gasteiger partial charge < -0.3 is 42.2 Å². The second-order valence-corrected chi connectivity index (χ2v) is 14.7. The molecule has 5 rings (SSSR count). The molecule has 0 saturated carbocycles.